The van der Waals surface area contributed by atoms with Crippen molar-refractivity contribution in [1.82, 2.24) is 0 Å². The summed E-state index contributed by atoms with van der Waals surface area (Å²) in [6.07, 6.45) is 28.7. The Labute approximate surface area is 190 Å². The molecule has 0 aromatic rings. The number of carboxylic acid groups (broad SMARTS) is 1. The molecule has 0 amide bonds. The molecule has 0 aliphatic rings. The van der Waals surface area contributed by atoms with Crippen molar-refractivity contribution in [3.8, 4) is 0 Å². The highest BCUT2D eigenvalue weighted by Gasteiger charge is 2.19. The van der Waals surface area contributed by atoms with Crippen molar-refractivity contribution < 1.29 is 9.90 Å². The summed E-state index contributed by atoms with van der Waals surface area (Å²) in [7, 11) is 0. The Kier molecular flexibility index (Phi) is 22.7. The second kappa shape index (κ2) is 23.1. The van der Waals surface area contributed by atoms with Crippen LogP contribution in [0.5, 0.6) is 0 Å². The fourth-order valence-electron chi connectivity index (χ4n) is 4.98. The zero-order valence-electron chi connectivity index (χ0n) is 21.1. The summed E-state index contributed by atoms with van der Waals surface area (Å²) in [6.45, 7) is 7.00. The number of hydrogen-bond donors (Lipinski definition) is 1. The molecular formula is C28H56O2. The van der Waals surface area contributed by atoms with E-state index in [9.17, 15) is 4.79 Å². The van der Waals surface area contributed by atoms with Crippen LogP contribution in [0.3, 0.4) is 0 Å². The Hall–Kier alpha value is -0.530. The number of unbranched alkanes of at least 4 members (excludes halogenated alkanes) is 14. The van der Waals surface area contributed by atoms with Gasteiger partial charge in [-0.3, -0.25) is 4.79 Å². The van der Waals surface area contributed by atoms with E-state index in [2.05, 4.69) is 20.8 Å². The van der Waals surface area contributed by atoms with Gasteiger partial charge in [0.05, 0.1) is 0 Å². The van der Waals surface area contributed by atoms with Gasteiger partial charge in [0.1, 0.15) is 0 Å². The molecular weight excluding hydrogens is 368 g/mol. The van der Waals surface area contributed by atoms with E-state index in [1.165, 1.54) is 122 Å². The minimum absolute atomic E-state index is 0.344. The Morgan fingerprint density at radius 1 is 0.533 bits per heavy atom. The Balaban J connectivity index is 4.23. The summed E-state index contributed by atoms with van der Waals surface area (Å²) < 4.78 is 0. The van der Waals surface area contributed by atoms with Crippen LogP contribution in [-0.2, 0) is 4.79 Å². The fourth-order valence-corrected chi connectivity index (χ4v) is 4.98. The summed E-state index contributed by atoms with van der Waals surface area (Å²) >= 11 is 0. The molecule has 2 atom stereocenters. The molecule has 0 aromatic heterocycles. The SMILES string of the molecule is CCCCCCCCCC(CC)C(CCCCCCCC)CCCCCCC(=O)O. The van der Waals surface area contributed by atoms with Crippen LogP contribution in [0.1, 0.15) is 162 Å². The summed E-state index contributed by atoms with van der Waals surface area (Å²) in [5.41, 5.74) is 0. The zero-order chi connectivity index (χ0) is 22.3. The molecule has 0 saturated heterocycles. The minimum atomic E-state index is -0.642. The molecule has 0 radical (unpaired) electrons. The van der Waals surface area contributed by atoms with E-state index >= 15 is 0 Å². The molecule has 0 aromatic carbocycles. The quantitative estimate of drug-likeness (QED) is 0.156. The maximum Gasteiger partial charge on any atom is 0.303 e. The maximum atomic E-state index is 10.7. The first-order valence-electron chi connectivity index (χ1n) is 13.9. The van der Waals surface area contributed by atoms with E-state index < -0.39 is 5.97 Å². The van der Waals surface area contributed by atoms with Crippen molar-refractivity contribution in [3.63, 3.8) is 0 Å². The van der Waals surface area contributed by atoms with Gasteiger partial charge in [0.25, 0.3) is 0 Å². The highest BCUT2D eigenvalue weighted by Crippen LogP contribution is 2.32. The largest absolute Gasteiger partial charge is 0.481 e. The second-order valence-electron chi connectivity index (χ2n) is 9.74. The summed E-state index contributed by atoms with van der Waals surface area (Å²) in [5.74, 6) is 1.17. The van der Waals surface area contributed by atoms with Crippen molar-refractivity contribution >= 4 is 5.97 Å². The molecule has 0 fully saturated rings. The van der Waals surface area contributed by atoms with Crippen LogP contribution in [0.2, 0.25) is 0 Å². The molecule has 0 spiro atoms. The van der Waals surface area contributed by atoms with Crippen LogP contribution in [0.15, 0.2) is 0 Å². The van der Waals surface area contributed by atoms with Gasteiger partial charge in [0.15, 0.2) is 0 Å². The van der Waals surface area contributed by atoms with Crippen LogP contribution in [-0.4, -0.2) is 11.1 Å². The predicted octanol–water partition coefficient (Wildman–Crippen LogP) is 9.95. The van der Waals surface area contributed by atoms with Gasteiger partial charge < -0.3 is 5.11 Å². The normalized spacial score (nSPS) is 13.4. The third-order valence-corrected chi connectivity index (χ3v) is 7.01. The average Bonchev–Trinajstić information content (AvgIpc) is 2.73. The highest BCUT2D eigenvalue weighted by molar-refractivity contribution is 5.66. The number of rotatable bonds is 24. The Bertz CT molecular complexity index is 353. The van der Waals surface area contributed by atoms with Crippen LogP contribution in [0.25, 0.3) is 0 Å². The molecule has 0 heterocycles. The van der Waals surface area contributed by atoms with Crippen LogP contribution >= 0.6 is 0 Å². The number of carboxylic acids is 1. The van der Waals surface area contributed by atoms with Crippen molar-refractivity contribution in [2.75, 3.05) is 0 Å². The molecule has 180 valence electrons. The predicted molar refractivity (Wildman–Crippen MR) is 133 cm³/mol. The van der Waals surface area contributed by atoms with Gasteiger partial charge >= 0.3 is 5.97 Å². The molecule has 2 nitrogen and oxygen atoms in total. The third kappa shape index (κ3) is 19.4. The molecule has 0 bridgehead atoms. The number of carbonyl (C=O) groups is 1. The molecule has 30 heavy (non-hydrogen) atoms. The Morgan fingerprint density at radius 2 is 0.900 bits per heavy atom. The first-order valence-corrected chi connectivity index (χ1v) is 13.9. The lowest BCUT2D eigenvalue weighted by Crippen LogP contribution is -2.15. The first kappa shape index (κ1) is 29.5. The van der Waals surface area contributed by atoms with Gasteiger partial charge in [-0.1, -0.05) is 149 Å². The topological polar surface area (TPSA) is 37.3 Å². The lowest BCUT2D eigenvalue weighted by molar-refractivity contribution is -0.137. The first-order chi connectivity index (χ1) is 14.7. The molecule has 2 unspecified atom stereocenters. The lowest BCUT2D eigenvalue weighted by atomic mass is 9.79. The van der Waals surface area contributed by atoms with Crippen LogP contribution in [0.4, 0.5) is 0 Å². The van der Waals surface area contributed by atoms with Crippen LogP contribution in [0, 0.1) is 11.8 Å². The van der Waals surface area contributed by atoms with Gasteiger partial charge in [-0.05, 0) is 18.3 Å². The number of aliphatic carboxylic acids is 1. The molecule has 0 aliphatic heterocycles. The van der Waals surface area contributed by atoms with E-state index in [0.717, 1.165) is 24.7 Å². The smallest absolute Gasteiger partial charge is 0.303 e. The summed E-state index contributed by atoms with van der Waals surface area (Å²) in [4.78, 5) is 10.7. The molecule has 0 aliphatic carbocycles. The zero-order valence-corrected chi connectivity index (χ0v) is 21.1. The highest BCUT2D eigenvalue weighted by atomic mass is 16.4. The summed E-state index contributed by atoms with van der Waals surface area (Å²) in [5, 5.41) is 8.80. The molecule has 1 N–H and O–H groups in total. The average molecular weight is 425 g/mol. The van der Waals surface area contributed by atoms with E-state index in [1.807, 2.05) is 0 Å². The second-order valence-corrected chi connectivity index (χ2v) is 9.74. The summed E-state index contributed by atoms with van der Waals surface area (Å²) in [6, 6.07) is 0. The van der Waals surface area contributed by atoms with E-state index in [-0.39, 0.29) is 0 Å². The molecule has 0 rings (SSSR count). The molecule has 2 heteroatoms. The Morgan fingerprint density at radius 3 is 1.30 bits per heavy atom. The third-order valence-electron chi connectivity index (χ3n) is 7.01. The maximum absolute atomic E-state index is 10.7. The standard InChI is InChI=1S/C28H56O2/c1-4-7-9-11-13-15-18-22-26(6-3)27(23-19-14-12-10-8-5-2)24-20-16-17-21-25-28(29)30/h26-27H,4-25H2,1-3H3,(H,29,30). The lowest BCUT2D eigenvalue weighted by Gasteiger charge is -2.27. The van der Waals surface area contributed by atoms with E-state index in [1.54, 1.807) is 0 Å². The van der Waals surface area contributed by atoms with E-state index in [4.69, 9.17) is 5.11 Å². The van der Waals surface area contributed by atoms with Crippen LogP contribution < -0.4 is 0 Å². The van der Waals surface area contributed by atoms with Gasteiger partial charge in [-0.2, -0.15) is 0 Å². The molecule has 0 saturated carbocycles. The van der Waals surface area contributed by atoms with Crippen molar-refractivity contribution in [3.05, 3.63) is 0 Å². The monoisotopic (exact) mass is 424 g/mol. The van der Waals surface area contributed by atoms with Crippen molar-refractivity contribution in [1.29, 1.82) is 0 Å². The number of hydrogen-bond acceptors (Lipinski definition) is 1. The van der Waals surface area contributed by atoms with Gasteiger partial charge in [0.2, 0.25) is 0 Å². The van der Waals surface area contributed by atoms with E-state index in [0.29, 0.717) is 6.42 Å². The van der Waals surface area contributed by atoms with Crippen molar-refractivity contribution in [2.24, 2.45) is 11.8 Å². The van der Waals surface area contributed by atoms with Gasteiger partial charge in [-0.15, -0.1) is 0 Å². The van der Waals surface area contributed by atoms with Crippen molar-refractivity contribution in [2.45, 2.75) is 162 Å². The fraction of sp³-hybridized carbons (Fsp3) is 0.964. The van der Waals surface area contributed by atoms with Gasteiger partial charge in [0, 0.05) is 6.42 Å². The minimum Gasteiger partial charge on any atom is -0.481 e. The van der Waals surface area contributed by atoms with Gasteiger partial charge in [-0.25, -0.2) is 0 Å².